The van der Waals surface area contributed by atoms with Crippen molar-refractivity contribution in [3.63, 3.8) is 0 Å². The summed E-state index contributed by atoms with van der Waals surface area (Å²) in [5, 5.41) is 9.04. The van der Waals surface area contributed by atoms with Crippen molar-refractivity contribution < 1.29 is 21.5 Å². The number of hydrogen-bond acceptors (Lipinski definition) is 3. The lowest BCUT2D eigenvalue weighted by Crippen LogP contribution is -2.01. The van der Waals surface area contributed by atoms with E-state index in [1.54, 1.807) is 24.3 Å². The van der Waals surface area contributed by atoms with E-state index in [0.717, 1.165) is 0 Å². The van der Waals surface area contributed by atoms with Crippen molar-refractivity contribution in [2.75, 3.05) is 13.7 Å². The predicted molar refractivity (Wildman–Crippen MR) is 99.3 cm³/mol. The van der Waals surface area contributed by atoms with Crippen molar-refractivity contribution in [1.82, 2.24) is 4.57 Å². The highest BCUT2D eigenvalue weighted by Gasteiger charge is 2.16. The second-order valence-electron chi connectivity index (χ2n) is 5.70. The molecule has 130 valence electrons. The van der Waals surface area contributed by atoms with Crippen LogP contribution in [-0.4, -0.2) is 29.2 Å². The lowest BCUT2D eigenvalue weighted by Gasteiger charge is -2.04. The van der Waals surface area contributed by atoms with Gasteiger partial charge in [-0.25, -0.2) is 0 Å². The van der Waals surface area contributed by atoms with E-state index in [-0.39, 0.29) is 41.3 Å². The summed E-state index contributed by atoms with van der Waals surface area (Å²) in [5.41, 5.74) is 0.423. The molecule has 3 rings (SSSR count). The van der Waals surface area contributed by atoms with Gasteiger partial charge < -0.3 is 14.4 Å². The summed E-state index contributed by atoms with van der Waals surface area (Å²) in [6.07, 6.45) is 1.77. The van der Waals surface area contributed by atoms with Crippen molar-refractivity contribution in [3.8, 4) is 5.75 Å². The third-order valence-corrected chi connectivity index (χ3v) is 4.05. The SMILES string of the molecule is [2H]c1c([2H])c([2H])c2c(c1[2H])c(C(=O)c1ccc(OC)cc1)c([2H])n2CCCCCO. The number of fused-ring (bicyclic) bond motifs is 1. The summed E-state index contributed by atoms with van der Waals surface area (Å²) in [6, 6.07) is 4.95. The monoisotopic (exact) mass is 342 g/mol. The van der Waals surface area contributed by atoms with E-state index in [1.807, 2.05) is 0 Å². The van der Waals surface area contributed by atoms with Crippen LogP contribution in [0.1, 0.15) is 42.0 Å². The highest BCUT2D eigenvalue weighted by molar-refractivity contribution is 6.16. The maximum Gasteiger partial charge on any atom is 0.195 e. The molecule has 0 atom stereocenters. The molecule has 0 radical (unpaired) electrons. The molecule has 25 heavy (non-hydrogen) atoms. The Hall–Kier alpha value is -2.59. The molecular weight excluding hydrogens is 314 g/mol. The predicted octanol–water partition coefficient (Wildman–Crippen LogP) is 4.04. The molecule has 0 aliphatic heterocycles. The summed E-state index contributed by atoms with van der Waals surface area (Å²) >= 11 is 0. The van der Waals surface area contributed by atoms with Crippen LogP contribution >= 0.6 is 0 Å². The van der Waals surface area contributed by atoms with Crippen LogP contribution in [0.3, 0.4) is 0 Å². The quantitative estimate of drug-likeness (QED) is 0.496. The maximum absolute atomic E-state index is 13.3. The van der Waals surface area contributed by atoms with Crippen molar-refractivity contribution in [1.29, 1.82) is 0 Å². The Morgan fingerprint density at radius 3 is 2.64 bits per heavy atom. The Kier molecular flexibility index (Phi) is 3.80. The van der Waals surface area contributed by atoms with Gasteiger partial charge in [0.2, 0.25) is 0 Å². The lowest BCUT2D eigenvalue weighted by molar-refractivity contribution is 0.104. The molecule has 4 nitrogen and oxygen atoms in total. The number of aliphatic hydroxyl groups is 1. The molecule has 0 spiro atoms. The number of methoxy groups -OCH3 is 1. The minimum absolute atomic E-state index is 0.0377. The smallest absolute Gasteiger partial charge is 0.195 e. The molecule has 0 saturated heterocycles. The number of aliphatic hydroxyl groups excluding tert-OH is 1. The van der Waals surface area contributed by atoms with Gasteiger partial charge in [0.05, 0.1) is 14.0 Å². The molecule has 3 aromatic rings. The molecule has 0 amide bonds. The van der Waals surface area contributed by atoms with Crippen LogP contribution in [0.2, 0.25) is 0 Å². The van der Waals surface area contributed by atoms with Gasteiger partial charge >= 0.3 is 0 Å². The van der Waals surface area contributed by atoms with Gasteiger partial charge in [-0.1, -0.05) is 18.1 Å². The van der Waals surface area contributed by atoms with Crippen molar-refractivity contribution >= 4 is 16.7 Å². The number of benzene rings is 2. The molecule has 1 N–H and O–H groups in total. The first-order chi connectivity index (χ1) is 14.3. The number of carbonyl (C=O) groups is 1. The molecule has 0 aliphatic carbocycles. The van der Waals surface area contributed by atoms with E-state index in [9.17, 15) is 4.79 Å². The largest absolute Gasteiger partial charge is 0.497 e. The molecule has 0 saturated carbocycles. The number of unbranched alkanes of at least 4 members (excludes halogenated alkanes) is 2. The van der Waals surface area contributed by atoms with Gasteiger partial charge in [0.15, 0.2) is 5.78 Å². The molecule has 4 heteroatoms. The van der Waals surface area contributed by atoms with Gasteiger partial charge in [0.1, 0.15) is 5.75 Å². The minimum Gasteiger partial charge on any atom is -0.497 e. The van der Waals surface area contributed by atoms with Crippen LogP contribution in [-0.2, 0) is 6.54 Å². The number of ether oxygens (including phenoxy) is 1. The van der Waals surface area contributed by atoms with Gasteiger partial charge in [0.25, 0.3) is 0 Å². The second kappa shape index (κ2) is 7.99. The van der Waals surface area contributed by atoms with E-state index >= 15 is 0 Å². The highest BCUT2D eigenvalue weighted by atomic mass is 16.5. The van der Waals surface area contributed by atoms with E-state index in [4.69, 9.17) is 16.7 Å². The molecule has 0 fully saturated rings. The number of nitrogens with zero attached hydrogens (tertiary/aromatic N) is 1. The Bertz CT molecular complexity index is 1090. The summed E-state index contributed by atoms with van der Waals surface area (Å²) < 4.78 is 47.9. The fraction of sp³-hybridized carbons (Fsp3) is 0.286. The minimum atomic E-state index is -0.480. The van der Waals surface area contributed by atoms with E-state index in [0.29, 0.717) is 37.1 Å². The number of carbonyl (C=O) groups excluding carboxylic acids is 1. The molecule has 1 aromatic heterocycles. The standard InChI is InChI=1S/C21H23NO3/c1-25-17-11-9-16(10-12-17)21(24)19-15-22(13-5-2-6-14-23)20-8-4-3-7-18(19)20/h3-4,7-12,15,23H,2,5-6,13-14H2,1H3/i3D,4D,7D,8D,15D. The fourth-order valence-corrected chi connectivity index (χ4v) is 2.71. The van der Waals surface area contributed by atoms with E-state index in [2.05, 4.69) is 0 Å². The van der Waals surface area contributed by atoms with Crippen molar-refractivity contribution in [2.24, 2.45) is 0 Å². The highest BCUT2D eigenvalue weighted by Crippen LogP contribution is 2.25. The number of para-hydroxylation sites is 1. The van der Waals surface area contributed by atoms with Crippen LogP contribution in [0.25, 0.3) is 10.9 Å². The molecule has 1 heterocycles. The van der Waals surface area contributed by atoms with Gasteiger partial charge in [-0.3, -0.25) is 4.79 Å². The number of hydrogen-bond donors (Lipinski definition) is 1. The number of aromatic nitrogens is 1. The summed E-state index contributed by atoms with van der Waals surface area (Å²) in [4.78, 5) is 13.3. The van der Waals surface area contributed by atoms with Crippen molar-refractivity contribution in [2.45, 2.75) is 25.8 Å². The summed E-state index contributed by atoms with van der Waals surface area (Å²) in [7, 11) is 1.51. The Morgan fingerprint density at radius 1 is 1.16 bits per heavy atom. The first-order valence-corrected chi connectivity index (χ1v) is 8.22. The number of ketones is 1. The zero-order valence-corrected chi connectivity index (χ0v) is 14.1. The second-order valence-corrected chi connectivity index (χ2v) is 5.70. The third kappa shape index (κ3) is 3.74. The average molecular weight is 342 g/mol. The Balaban J connectivity index is 2.22. The van der Waals surface area contributed by atoms with Crippen LogP contribution in [0.15, 0.2) is 54.6 Å². The average Bonchev–Trinajstić information content (AvgIpc) is 3.05. The van der Waals surface area contributed by atoms with Crippen molar-refractivity contribution in [3.05, 3.63) is 65.7 Å². The third-order valence-electron chi connectivity index (χ3n) is 4.05. The number of aryl methyl sites for hydroxylation is 1. The van der Waals surface area contributed by atoms with Crippen LogP contribution < -0.4 is 4.74 Å². The Labute approximate surface area is 154 Å². The van der Waals surface area contributed by atoms with Crippen LogP contribution in [0.5, 0.6) is 5.75 Å². The first kappa shape index (κ1) is 11.9. The van der Waals surface area contributed by atoms with Gasteiger partial charge in [-0.2, -0.15) is 0 Å². The Morgan fingerprint density at radius 2 is 1.92 bits per heavy atom. The fourth-order valence-electron chi connectivity index (χ4n) is 2.71. The van der Waals surface area contributed by atoms with Gasteiger partial charge in [0, 0.05) is 41.4 Å². The maximum atomic E-state index is 13.3. The van der Waals surface area contributed by atoms with Gasteiger partial charge in [-0.15, -0.1) is 0 Å². The summed E-state index contributed by atoms with van der Waals surface area (Å²) in [6.45, 7) is 0.369. The van der Waals surface area contributed by atoms with E-state index < -0.39 is 17.9 Å². The molecule has 0 bridgehead atoms. The zero-order valence-electron chi connectivity index (χ0n) is 19.1. The topological polar surface area (TPSA) is 51.5 Å². The van der Waals surface area contributed by atoms with Gasteiger partial charge in [-0.05, 0) is 49.6 Å². The molecule has 0 unspecified atom stereocenters. The lowest BCUT2D eigenvalue weighted by atomic mass is 10.0. The molecule has 2 aromatic carbocycles. The van der Waals surface area contributed by atoms with Crippen LogP contribution in [0.4, 0.5) is 0 Å². The normalized spacial score (nSPS) is 13.8. The zero-order chi connectivity index (χ0) is 22.0. The first-order valence-electron chi connectivity index (χ1n) is 10.7. The molecule has 0 aliphatic rings. The van der Waals surface area contributed by atoms with Crippen LogP contribution in [0, 0.1) is 0 Å². The number of rotatable bonds is 8. The molecular formula is C21H23NO3. The van der Waals surface area contributed by atoms with E-state index in [1.165, 1.54) is 11.7 Å². The summed E-state index contributed by atoms with van der Waals surface area (Å²) in [5.74, 6) is 0.0951.